The summed E-state index contributed by atoms with van der Waals surface area (Å²) in [5.41, 5.74) is 11.6. The topological polar surface area (TPSA) is 87.0 Å². The number of imidazole rings is 1. The molecule has 0 unspecified atom stereocenters. The smallest absolute Gasteiger partial charge is 0.254 e. The zero-order valence-electron chi connectivity index (χ0n) is 20.9. The molecular weight excluding hydrogens is 454 g/mol. The van der Waals surface area contributed by atoms with Crippen molar-refractivity contribution >= 4 is 22.5 Å². The number of likely N-dealkylation sites (tertiary alicyclic amines) is 1. The molecule has 188 valence electrons. The highest BCUT2D eigenvalue weighted by Crippen LogP contribution is 2.38. The van der Waals surface area contributed by atoms with E-state index in [-0.39, 0.29) is 11.9 Å². The van der Waals surface area contributed by atoms with Gasteiger partial charge in [-0.2, -0.15) is 0 Å². The average molecular weight is 488 g/mol. The fourth-order valence-electron chi connectivity index (χ4n) is 5.40. The molecule has 1 amide bonds. The first kappa shape index (κ1) is 23.1. The monoisotopic (exact) mass is 487 g/mol. The quantitative estimate of drug-likeness (QED) is 0.424. The van der Waals surface area contributed by atoms with Crippen molar-refractivity contribution in [1.82, 2.24) is 18.9 Å². The lowest BCUT2D eigenvalue weighted by molar-refractivity contribution is 0.0709. The highest BCUT2D eigenvalue weighted by Gasteiger charge is 2.27. The van der Waals surface area contributed by atoms with Gasteiger partial charge in [-0.15, -0.1) is 0 Å². The van der Waals surface area contributed by atoms with Gasteiger partial charge in [0.1, 0.15) is 17.1 Å². The predicted octanol–water partition coefficient (Wildman–Crippen LogP) is 4.08. The Kier molecular flexibility index (Phi) is 5.93. The molecule has 0 spiro atoms. The highest BCUT2D eigenvalue weighted by molar-refractivity contribution is 5.95. The maximum atomic E-state index is 13.2. The second kappa shape index (κ2) is 9.26. The number of methoxy groups -OCH3 is 2. The number of amides is 1. The number of rotatable bonds is 7. The van der Waals surface area contributed by atoms with Gasteiger partial charge in [-0.1, -0.05) is 0 Å². The predicted molar refractivity (Wildman–Crippen MR) is 139 cm³/mol. The molecule has 1 atom stereocenters. The number of carbonyl (C=O) groups excluding carboxylic acids is 1. The fourth-order valence-corrected chi connectivity index (χ4v) is 5.40. The Morgan fingerprint density at radius 1 is 1.14 bits per heavy atom. The van der Waals surface area contributed by atoms with E-state index in [2.05, 4.69) is 22.8 Å². The third-order valence-electron chi connectivity index (χ3n) is 7.49. The third kappa shape index (κ3) is 4.14. The Morgan fingerprint density at radius 3 is 2.75 bits per heavy atom. The van der Waals surface area contributed by atoms with E-state index in [0.717, 1.165) is 65.3 Å². The van der Waals surface area contributed by atoms with Crippen molar-refractivity contribution < 1.29 is 14.3 Å². The van der Waals surface area contributed by atoms with Crippen LogP contribution < -0.4 is 10.5 Å². The lowest BCUT2D eigenvalue weighted by atomic mass is 10.1. The van der Waals surface area contributed by atoms with Crippen LogP contribution in [0.15, 0.2) is 42.6 Å². The van der Waals surface area contributed by atoms with Crippen LogP contribution in [0.2, 0.25) is 0 Å². The van der Waals surface area contributed by atoms with Gasteiger partial charge in [-0.05, 0) is 61.9 Å². The van der Waals surface area contributed by atoms with Gasteiger partial charge in [0.25, 0.3) is 5.91 Å². The van der Waals surface area contributed by atoms with Gasteiger partial charge < -0.3 is 29.1 Å². The van der Waals surface area contributed by atoms with E-state index in [1.54, 1.807) is 14.2 Å². The zero-order valence-corrected chi connectivity index (χ0v) is 20.9. The molecule has 36 heavy (non-hydrogen) atoms. The number of nitrogens with zero attached hydrogens (tertiary/aromatic N) is 4. The third-order valence-corrected chi connectivity index (χ3v) is 7.49. The Morgan fingerprint density at radius 2 is 2.00 bits per heavy atom. The van der Waals surface area contributed by atoms with Crippen LogP contribution in [0.1, 0.15) is 41.7 Å². The molecule has 2 aliphatic rings. The van der Waals surface area contributed by atoms with E-state index in [0.29, 0.717) is 24.6 Å². The minimum Gasteiger partial charge on any atom is -0.497 e. The van der Waals surface area contributed by atoms with E-state index in [1.165, 1.54) is 12.8 Å². The van der Waals surface area contributed by atoms with Crippen LogP contribution in [0.5, 0.6) is 5.75 Å². The standard InChI is InChI=1S/C28H33N5O3/c1-35-17-25-27(24-12-19-7-8-22(36-2)14-23(19)33(24)15-18-5-6-18)30-26-13-20(9-11-32(25)26)28(34)31-10-3-4-21(29)16-31/h7-9,11-14,18,21H,3-6,10,15-17,29H2,1-2H3/t21-/m1/s1. The summed E-state index contributed by atoms with van der Waals surface area (Å²) in [5.74, 6) is 1.55. The number of hydrogen-bond donors (Lipinski definition) is 1. The summed E-state index contributed by atoms with van der Waals surface area (Å²) in [4.78, 5) is 20.2. The first-order valence-electron chi connectivity index (χ1n) is 12.8. The van der Waals surface area contributed by atoms with Crippen LogP contribution in [0.4, 0.5) is 0 Å². The first-order chi connectivity index (χ1) is 17.6. The summed E-state index contributed by atoms with van der Waals surface area (Å²) >= 11 is 0. The van der Waals surface area contributed by atoms with Gasteiger partial charge in [0.15, 0.2) is 0 Å². The second-order valence-electron chi connectivity index (χ2n) is 10.1. The molecule has 0 bridgehead atoms. The van der Waals surface area contributed by atoms with Crippen LogP contribution in [-0.4, -0.2) is 58.1 Å². The normalized spacial score (nSPS) is 18.3. The van der Waals surface area contributed by atoms with Crippen molar-refractivity contribution in [3.8, 4) is 17.1 Å². The molecule has 8 nitrogen and oxygen atoms in total. The maximum absolute atomic E-state index is 13.2. The van der Waals surface area contributed by atoms with Gasteiger partial charge in [0, 0.05) is 56.0 Å². The Hall–Kier alpha value is -3.36. The number of fused-ring (bicyclic) bond motifs is 2. The van der Waals surface area contributed by atoms with E-state index >= 15 is 0 Å². The van der Waals surface area contributed by atoms with Crippen molar-refractivity contribution in [2.24, 2.45) is 11.7 Å². The zero-order chi connectivity index (χ0) is 24.8. The van der Waals surface area contributed by atoms with Crippen LogP contribution in [-0.2, 0) is 17.9 Å². The van der Waals surface area contributed by atoms with Gasteiger partial charge in [0.2, 0.25) is 0 Å². The molecule has 2 fully saturated rings. The fraction of sp³-hybridized carbons (Fsp3) is 0.429. The van der Waals surface area contributed by atoms with Gasteiger partial charge in [-0.25, -0.2) is 4.98 Å². The van der Waals surface area contributed by atoms with Gasteiger partial charge in [0.05, 0.1) is 30.6 Å². The number of aromatic nitrogens is 3. The van der Waals surface area contributed by atoms with Crippen molar-refractivity contribution in [1.29, 1.82) is 0 Å². The lowest BCUT2D eigenvalue weighted by Crippen LogP contribution is -2.45. The van der Waals surface area contributed by atoms with Crippen LogP contribution in [0.25, 0.3) is 27.9 Å². The minimum absolute atomic E-state index is 0.0143. The number of carbonyl (C=O) groups is 1. The Balaban J connectivity index is 1.46. The molecule has 2 N–H and O–H groups in total. The van der Waals surface area contributed by atoms with Gasteiger partial charge in [-0.3, -0.25) is 4.79 Å². The number of benzene rings is 1. The van der Waals surface area contributed by atoms with E-state index in [1.807, 2.05) is 33.7 Å². The molecule has 1 aliphatic heterocycles. The maximum Gasteiger partial charge on any atom is 0.254 e. The second-order valence-corrected chi connectivity index (χ2v) is 10.1. The van der Waals surface area contributed by atoms with Gasteiger partial charge >= 0.3 is 0 Å². The van der Waals surface area contributed by atoms with Crippen molar-refractivity contribution in [3.63, 3.8) is 0 Å². The summed E-state index contributed by atoms with van der Waals surface area (Å²) in [6, 6.07) is 12.2. The summed E-state index contributed by atoms with van der Waals surface area (Å²) in [7, 11) is 3.40. The summed E-state index contributed by atoms with van der Waals surface area (Å²) in [6.07, 6.45) is 6.36. The molecular formula is C28H33N5O3. The highest BCUT2D eigenvalue weighted by atomic mass is 16.5. The Bertz CT molecular complexity index is 1430. The van der Waals surface area contributed by atoms with Crippen LogP contribution in [0, 0.1) is 5.92 Å². The molecule has 1 saturated heterocycles. The molecule has 4 heterocycles. The molecule has 1 saturated carbocycles. The van der Waals surface area contributed by atoms with E-state index < -0.39 is 0 Å². The van der Waals surface area contributed by atoms with Crippen molar-refractivity contribution in [2.45, 2.75) is 44.9 Å². The minimum atomic E-state index is 0.0143. The summed E-state index contributed by atoms with van der Waals surface area (Å²) in [5, 5.41) is 1.16. The number of ether oxygens (including phenoxy) is 2. The number of nitrogens with two attached hydrogens (primary N) is 1. The molecule has 0 radical (unpaired) electrons. The summed E-state index contributed by atoms with van der Waals surface area (Å²) < 4.78 is 15.5. The largest absolute Gasteiger partial charge is 0.497 e. The molecule has 1 aromatic carbocycles. The SMILES string of the molecule is COCc1c(-c2cc3ccc(OC)cc3n2CC2CC2)nc2cc(C(=O)N3CCC[C@@H](N)C3)ccn12. The molecule has 1 aliphatic carbocycles. The van der Waals surface area contributed by atoms with Crippen LogP contribution >= 0.6 is 0 Å². The average Bonchev–Trinajstić information content (AvgIpc) is 3.55. The number of piperidine rings is 1. The summed E-state index contributed by atoms with van der Waals surface area (Å²) in [6.45, 7) is 2.71. The number of pyridine rings is 1. The Labute approximate surface area is 210 Å². The van der Waals surface area contributed by atoms with Crippen molar-refractivity contribution in [2.75, 3.05) is 27.3 Å². The number of hydrogen-bond acceptors (Lipinski definition) is 5. The molecule has 6 rings (SSSR count). The molecule has 8 heteroatoms. The lowest BCUT2D eigenvalue weighted by Gasteiger charge is -2.30. The van der Waals surface area contributed by atoms with Crippen LogP contribution in [0.3, 0.4) is 0 Å². The molecule has 4 aromatic rings. The van der Waals surface area contributed by atoms with E-state index in [9.17, 15) is 4.79 Å². The van der Waals surface area contributed by atoms with E-state index in [4.69, 9.17) is 20.2 Å². The molecule has 3 aromatic heterocycles. The first-order valence-corrected chi connectivity index (χ1v) is 12.8. The van der Waals surface area contributed by atoms with Crippen molar-refractivity contribution in [3.05, 3.63) is 53.9 Å².